The van der Waals surface area contributed by atoms with Gasteiger partial charge in [-0.1, -0.05) is 30.0 Å². The second-order valence-corrected chi connectivity index (χ2v) is 7.57. The van der Waals surface area contributed by atoms with Crippen LogP contribution in [0.5, 0.6) is 11.5 Å². The van der Waals surface area contributed by atoms with Gasteiger partial charge in [-0.25, -0.2) is 9.78 Å². The van der Waals surface area contributed by atoms with Crippen molar-refractivity contribution in [3.8, 4) is 17.6 Å². The first-order valence-electron chi connectivity index (χ1n) is 9.56. The number of hydrogen-bond acceptors (Lipinski definition) is 8. The molecule has 0 fully saturated rings. The summed E-state index contributed by atoms with van der Waals surface area (Å²) in [6.07, 6.45) is 1.54. The minimum atomic E-state index is -0.579. The van der Waals surface area contributed by atoms with Crippen LogP contribution in [0.3, 0.4) is 0 Å². The number of nitriles is 1. The Morgan fingerprint density at radius 2 is 1.97 bits per heavy atom. The molecule has 1 N–H and O–H groups in total. The van der Waals surface area contributed by atoms with E-state index < -0.39 is 5.97 Å². The number of thioether (sulfide) groups is 1. The van der Waals surface area contributed by atoms with Gasteiger partial charge < -0.3 is 19.5 Å². The maximum atomic E-state index is 12.6. The van der Waals surface area contributed by atoms with E-state index in [0.29, 0.717) is 33.3 Å². The molecule has 1 aliphatic rings. The van der Waals surface area contributed by atoms with E-state index in [1.807, 2.05) is 0 Å². The lowest BCUT2D eigenvalue weighted by Crippen LogP contribution is -2.15. The first-order chi connectivity index (χ1) is 15.6. The predicted octanol–water partition coefficient (Wildman–Crippen LogP) is 3.77. The Bertz CT molecular complexity index is 1210. The molecular formula is C23H17N3O5S. The van der Waals surface area contributed by atoms with Crippen molar-refractivity contribution < 1.29 is 23.8 Å². The number of carbonyl (C=O) groups excluding carboxylic acids is 2. The summed E-state index contributed by atoms with van der Waals surface area (Å²) in [5.41, 5.74) is 1.89. The zero-order chi connectivity index (χ0) is 22.3. The van der Waals surface area contributed by atoms with E-state index in [9.17, 15) is 9.59 Å². The molecule has 8 nitrogen and oxygen atoms in total. The molecule has 0 saturated carbocycles. The number of ether oxygens (including phenoxy) is 3. The number of pyridine rings is 1. The summed E-state index contributed by atoms with van der Waals surface area (Å²) in [6.45, 7) is 0.120. The maximum absolute atomic E-state index is 12.6. The van der Waals surface area contributed by atoms with Crippen LogP contribution in [0, 0.1) is 11.3 Å². The average Bonchev–Trinajstić information content (AvgIpc) is 3.29. The summed E-state index contributed by atoms with van der Waals surface area (Å²) in [6, 6.07) is 17.3. The van der Waals surface area contributed by atoms with Crippen molar-refractivity contribution in [2.24, 2.45) is 0 Å². The quantitative estimate of drug-likeness (QED) is 0.430. The molecule has 0 radical (unpaired) electrons. The van der Waals surface area contributed by atoms with E-state index in [1.54, 1.807) is 60.8 Å². The van der Waals surface area contributed by atoms with Gasteiger partial charge in [-0.3, -0.25) is 4.79 Å². The Kier molecular flexibility index (Phi) is 6.53. The van der Waals surface area contributed by atoms with Crippen molar-refractivity contribution >= 4 is 29.3 Å². The Morgan fingerprint density at radius 1 is 1.12 bits per heavy atom. The first kappa shape index (κ1) is 21.2. The third-order valence-corrected chi connectivity index (χ3v) is 5.49. The monoisotopic (exact) mass is 447 g/mol. The van der Waals surface area contributed by atoms with Crippen LogP contribution in [0.1, 0.15) is 21.5 Å². The van der Waals surface area contributed by atoms with Crippen LogP contribution < -0.4 is 14.8 Å². The van der Waals surface area contributed by atoms with Gasteiger partial charge in [-0.05, 0) is 30.3 Å². The second kappa shape index (κ2) is 9.85. The third-order valence-electron chi connectivity index (χ3n) is 4.48. The van der Waals surface area contributed by atoms with Gasteiger partial charge in [0, 0.05) is 23.5 Å². The van der Waals surface area contributed by atoms with E-state index in [2.05, 4.69) is 16.4 Å². The molecule has 32 heavy (non-hydrogen) atoms. The van der Waals surface area contributed by atoms with Crippen LogP contribution in [0.4, 0.5) is 5.69 Å². The molecule has 0 atom stereocenters. The largest absolute Gasteiger partial charge is 0.457 e. The van der Waals surface area contributed by atoms with Crippen LogP contribution >= 0.6 is 11.8 Å². The zero-order valence-electron chi connectivity index (χ0n) is 16.7. The van der Waals surface area contributed by atoms with E-state index >= 15 is 0 Å². The smallest absolute Gasteiger partial charge is 0.341 e. The maximum Gasteiger partial charge on any atom is 0.341 e. The van der Waals surface area contributed by atoms with Crippen molar-refractivity contribution in [1.82, 2.24) is 4.98 Å². The number of carbonyl (C=O) groups is 2. The van der Waals surface area contributed by atoms with Crippen molar-refractivity contribution in [1.29, 1.82) is 5.26 Å². The Labute approximate surface area is 188 Å². The summed E-state index contributed by atoms with van der Waals surface area (Å²) in [5, 5.41) is 12.3. The Balaban J connectivity index is 1.36. The number of benzene rings is 2. The normalized spacial score (nSPS) is 11.5. The fourth-order valence-corrected chi connectivity index (χ4v) is 3.73. The summed E-state index contributed by atoms with van der Waals surface area (Å²) in [7, 11) is 0. The number of aromatic nitrogens is 1. The summed E-state index contributed by atoms with van der Waals surface area (Å²) >= 11 is 1.13. The molecule has 2 aromatic carbocycles. The summed E-state index contributed by atoms with van der Waals surface area (Å²) in [4.78, 5) is 29.2. The third kappa shape index (κ3) is 4.99. The van der Waals surface area contributed by atoms with Crippen LogP contribution in [0.15, 0.2) is 65.8 Å². The molecule has 2 heterocycles. The predicted molar refractivity (Wildman–Crippen MR) is 116 cm³/mol. The van der Waals surface area contributed by atoms with Gasteiger partial charge in [-0.15, -0.1) is 0 Å². The number of anilines is 1. The standard InChI is InChI=1S/C23H17N3O5S/c24-11-15-4-1-2-5-16(15)12-29-23(28)18-6-3-9-25-22(18)32-13-21(27)26-17-7-8-19-20(10-17)31-14-30-19/h1-10H,12-14H2,(H,26,27). The molecular weight excluding hydrogens is 430 g/mol. The van der Waals surface area contributed by atoms with E-state index in [4.69, 9.17) is 19.5 Å². The van der Waals surface area contributed by atoms with Gasteiger partial charge in [0.15, 0.2) is 11.5 Å². The van der Waals surface area contributed by atoms with Crippen LogP contribution in [0.2, 0.25) is 0 Å². The Morgan fingerprint density at radius 3 is 2.84 bits per heavy atom. The summed E-state index contributed by atoms with van der Waals surface area (Å²) in [5.74, 6) is 0.407. The molecule has 4 rings (SSSR count). The number of fused-ring (bicyclic) bond motifs is 1. The highest BCUT2D eigenvalue weighted by molar-refractivity contribution is 8.00. The first-order valence-corrected chi connectivity index (χ1v) is 10.5. The van der Waals surface area contributed by atoms with Crippen molar-refractivity contribution in [2.45, 2.75) is 11.6 Å². The molecule has 0 unspecified atom stereocenters. The molecule has 160 valence electrons. The summed E-state index contributed by atoms with van der Waals surface area (Å²) < 4.78 is 15.9. The molecule has 0 spiro atoms. The van der Waals surface area contributed by atoms with Crippen LogP contribution in [0.25, 0.3) is 0 Å². The van der Waals surface area contributed by atoms with Crippen molar-refractivity contribution in [3.05, 3.63) is 77.5 Å². The van der Waals surface area contributed by atoms with Gasteiger partial charge in [0.05, 0.1) is 22.9 Å². The molecule has 1 aliphatic heterocycles. The van der Waals surface area contributed by atoms with Gasteiger partial charge in [0.25, 0.3) is 0 Å². The van der Waals surface area contributed by atoms with Gasteiger partial charge in [0.1, 0.15) is 11.6 Å². The number of esters is 1. The van der Waals surface area contributed by atoms with Gasteiger partial charge >= 0.3 is 5.97 Å². The second-order valence-electron chi connectivity index (χ2n) is 6.61. The molecule has 0 bridgehead atoms. The molecule has 1 aromatic heterocycles. The molecule has 3 aromatic rings. The van der Waals surface area contributed by atoms with Gasteiger partial charge in [0.2, 0.25) is 12.7 Å². The van der Waals surface area contributed by atoms with E-state index in [1.165, 1.54) is 0 Å². The number of amides is 1. The highest BCUT2D eigenvalue weighted by Crippen LogP contribution is 2.34. The lowest BCUT2D eigenvalue weighted by Gasteiger charge is -2.10. The van der Waals surface area contributed by atoms with Crippen molar-refractivity contribution in [2.75, 3.05) is 17.9 Å². The molecule has 0 aliphatic carbocycles. The topological polar surface area (TPSA) is 111 Å². The SMILES string of the molecule is N#Cc1ccccc1COC(=O)c1cccnc1SCC(=O)Nc1ccc2c(c1)OCO2. The lowest BCUT2D eigenvalue weighted by molar-refractivity contribution is -0.113. The number of hydrogen-bond donors (Lipinski definition) is 1. The molecule has 1 amide bonds. The molecule has 9 heteroatoms. The van der Waals surface area contributed by atoms with Crippen LogP contribution in [-0.2, 0) is 16.1 Å². The van der Waals surface area contributed by atoms with E-state index in [0.717, 1.165) is 11.8 Å². The highest BCUT2D eigenvalue weighted by Gasteiger charge is 2.17. The number of nitrogens with zero attached hydrogens (tertiary/aromatic N) is 2. The average molecular weight is 447 g/mol. The van der Waals surface area contributed by atoms with E-state index in [-0.39, 0.29) is 30.6 Å². The zero-order valence-corrected chi connectivity index (χ0v) is 17.6. The van der Waals surface area contributed by atoms with Crippen LogP contribution in [-0.4, -0.2) is 29.4 Å². The van der Waals surface area contributed by atoms with Crippen molar-refractivity contribution in [3.63, 3.8) is 0 Å². The molecule has 0 saturated heterocycles. The fraction of sp³-hybridized carbons (Fsp3) is 0.130. The minimum absolute atomic E-state index is 0.0355. The highest BCUT2D eigenvalue weighted by atomic mass is 32.2. The minimum Gasteiger partial charge on any atom is -0.457 e. The lowest BCUT2D eigenvalue weighted by atomic mass is 10.1. The Hall–Kier alpha value is -4.03. The number of rotatable bonds is 7. The fourth-order valence-electron chi connectivity index (χ4n) is 2.94. The van der Waals surface area contributed by atoms with Gasteiger partial charge in [-0.2, -0.15) is 5.26 Å². The number of nitrogens with one attached hydrogen (secondary N) is 1.